The number of carboxylic acids is 1. The first-order chi connectivity index (χ1) is 44.2. The highest BCUT2D eigenvalue weighted by Crippen LogP contribution is 2.22. The molecule has 3 heterocycles. The van der Waals surface area contributed by atoms with Crippen molar-refractivity contribution < 1.29 is 72.9 Å². The number of imidazole rings is 1. The van der Waals surface area contributed by atoms with E-state index in [9.17, 15) is 72.9 Å². The number of fused-ring (bicyclic) bond motifs is 2. The Hall–Kier alpha value is -9.95. The average molecular weight is 1320 g/mol. The molecule has 18 N–H and O–H groups in total. The number of carboxylic acid groups (broad SMARTS) is 1. The van der Waals surface area contributed by atoms with Crippen LogP contribution < -0.4 is 58.9 Å². The number of carbonyl (C=O) groups excluding carboxylic acids is 11. The highest BCUT2D eigenvalue weighted by molar-refractivity contribution is 7.80. The molecule has 3 aromatic carbocycles. The largest absolute Gasteiger partial charge is 0.508 e. The Bertz CT molecular complexity index is 3650. The van der Waals surface area contributed by atoms with Gasteiger partial charge >= 0.3 is 5.97 Å². The lowest BCUT2D eigenvalue weighted by Gasteiger charge is -2.29. The summed E-state index contributed by atoms with van der Waals surface area (Å²) in [7, 11) is 0. The third-order valence-corrected chi connectivity index (χ3v) is 15.6. The number of para-hydroxylation sites is 2. The second-order valence-corrected chi connectivity index (χ2v) is 23.2. The number of phenolic OH excluding ortho intramolecular Hbond substituents is 1. The van der Waals surface area contributed by atoms with E-state index in [0.29, 0.717) is 44.2 Å². The first kappa shape index (κ1) is 72.1. The normalized spacial score (nSPS) is 14.8. The Balaban J connectivity index is 1.25. The summed E-state index contributed by atoms with van der Waals surface area (Å²) in [4.78, 5) is 177. The molecule has 11 amide bonds. The highest BCUT2D eigenvalue weighted by atomic mass is 32.1. The minimum Gasteiger partial charge on any atom is -0.508 e. The van der Waals surface area contributed by atoms with Crippen molar-refractivity contribution >= 4 is 118 Å². The van der Waals surface area contributed by atoms with Gasteiger partial charge in [0.2, 0.25) is 65.0 Å². The molecule has 0 aliphatic rings. The molecule has 32 heteroatoms. The van der Waals surface area contributed by atoms with Crippen LogP contribution in [0.5, 0.6) is 5.75 Å². The number of amides is 11. The molecule has 0 radical (unpaired) electrons. The summed E-state index contributed by atoms with van der Waals surface area (Å²) in [5.41, 5.74) is 8.64. The smallest absolute Gasteiger partial charge is 0.305 e. The van der Waals surface area contributed by atoms with Gasteiger partial charge in [-0.1, -0.05) is 62.4 Å². The Morgan fingerprint density at radius 3 is 1.40 bits per heavy atom. The summed E-state index contributed by atoms with van der Waals surface area (Å²) in [5.74, 6) is -13.2. The summed E-state index contributed by atoms with van der Waals surface area (Å²) in [6, 6.07) is 4.66. The van der Waals surface area contributed by atoms with Gasteiger partial charge in [0.1, 0.15) is 66.2 Å². The summed E-state index contributed by atoms with van der Waals surface area (Å²) < 4.78 is 0. The number of aliphatic hydroxyl groups is 1. The monoisotopic (exact) mass is 1320 g/mol. The van der Waals surface area contributed by atoms with Crippen molar-refractivity contribution in [2.75, 3.05) is 11.5 Å². The van der Waals surface area contributed by atoms with Crippen LogP contribution in [0.4, 0.5) is 0 Å². The molecule has 11 atom stereocenters. The molecule has 0 unspecified atom stereocenters. The average Bonchev–Trinajstić information content (AvgIpc) is 1.80. The van der Waals surface area contributed by atoms with E-state index in [0.717, 1.165) is 0 Å². The minimum atomic E-state index is -1.84. The molecule has 498 valence electrons. The van der Waals surface area contributed by atoms with Crippen molar-refractivity contribution in [1.29, 1.82) is 0 Å². The molecule has 0 saturated heterocycles. The number of nitrogens with zero attached hydrogens (tertiary/aromatic N) is 1. The molecule has 0 bridgehead atoms. The van der Waals surface area contributed by atoms with Crippen molar-refractivity contribution in [1.82, 2.24) is 73.1 Å². The fourth-order valence-corrected chi connectivity index (χ4v) is 10.4. The number of thiol groups is 2. The number of nitrogens with two attached hydrogens (primary N) is 1. The fraction of sp³-hybridized carbons (Fsp3) is 0.393. The number of hydrogen-bond donors (Lipinski definition) is 19. The second kappa shape index (κ2) is 33.9. The van der Waals surface area contributed by atoms with E-state index in [4.69, 9.17) is 5.73 Å². The fourth-order valence-electron chi connectivity index (χ4n) is 9.88. The summed E-state index contributed by atoms with van der Waals surface area (Å²) in [5, 5.41) is 56.8. The summed E-state index contributed by atoms with van der Waals surface area (Å²) >= 11 is 8.44. The predicted molar refractivity (Wildman–Crippen MR) is 344 cm³/mol. The standard InChI is InChI=1S/C61H77N15O15S2/c1-29(2)50(75-57(87)44(20-35-24-65-41-13-9-7-11-39(35)41)72-56(86)46(22-49(80)81)69-53(83)30(3)67-59(89)47(26-92)68-32(5)78)61(91)74-48(27-93)60(90)70-42(18-33-14-16-37(79)17-15-33)54(84)71-43(19-34-23-64-40-12-8-6-10-38(34)40)55(85)73-45(21-36-25-63-28-66-36)58(88)76-51(31(4)77)52(62)82/h6-17,23-25,28-31,42-48,50-51,64-65,77,79,92-93H,18-22,26-27H2,1-5H3,(H2,62,82)(H,63,66)(H,67,89)(H,68,78)(H,69,83)(H,70,90)(H,71,84)(H,72,86)(H,73,85)(H,74,91)(H,75,87)(H,76,88)(H,80,81)/t30-,31+,42-,43-,44-,45-,46-,47-,48-,50-,51-/m0/s1. The Labute approximate surface area is 543 Å². The number of hydrogen-bond acceptors (Lipinski definition) is 17. The van der Waals surface area contributed by atoms with Gasteiger partial charge in [-0.3, -0.25) is 57.5 Å². The molecule has 30 nitrogen and oxygen atoms in total. The number of aliphatic hydroxyl groups excluding tert-OH is 1. The van der Waals surface area contributed by atoms with Crippen molar-refractivity contribution in [3.63, 3.8) is 0 Å². The third-order valence-electron chi connectivity index (χ3n) is 14.9. The van der Waals surface area contributed by atoms with Crippen LogP contribution in [0, 0.1) is 5.92 Å². The van der Waals surface area contributed by atoms with E-state index in [1.54, 1.807) is 74.8 Å². The molecule has 3 aromatic heterocycles. The zero-order valence-corrected chi connectivity index (χ0v) is 53.1. The number of phenols is 1. The van der Waals surface area contributed by atoms with Gasteiger partial charge in [-0.15, -0.1) is 0 Å². The Kier molecular flexibility index (Phi) is 26.3. The number of aromatic nitrogens is 4. The van der Waals surface area contributed by atoms with Gasteiger partial charge in [-0.05, 0) is 60.7 Å². The zero-order valence-electron chi connectivity index (χ0n) is 51.3. The lowest BCUT2D eigenvalue weighted by molar-refractivity contribution is -0.141. The molecule has 0 fully saturated rings. The quantitative estimate of drug-likeness (QED) is 0.0196. The third kappa shape index (κ3) is 20.8. The van der Waals surface area contributed by atoms with Gasteiger partial charge < -0.3 is 89.2 Å². The SMILES string of the molecule is CC(=O)N[C@@H](CS)C(=O)N[C@@H](C)C(=O)N[C@@H](CC(=O)O)C(=O)N[C@@H](Cc1c[nH]c2ccccc12)C(=O)N[C@H](C(=O)N[C@@H](CS)C(=O)N[C@@H](Cc1ccc(O)cc1)C(=O)N[C@@H](Cc1c[nH]c2ccccc12)C(=O)N[C@@H](Cc1cnc[nH]1)C(=O)N[C@H](C(N)=O)[C@@H](C)O)C(C)C. The number of benzene rings is 3. The number of aromatic amines is 3. The molecule has 0 spiro atoms. The predicted octanol–water partition coefficient (Wildman–Crippen LogP) is -1.91. The lowest BCUT2D eigenvalue weighted by Crippen LogP contribution is -2.62. The van der Waals surface area contributed by atoms with Gasteiger partial charge in [0.15, 0.2) is 0 Å². The van der Waals surface area contributed by atoms with Crippen LogP contribution in [0.25, 0.3) is 21.8 Å². The summed E-state index contributed by atoms with van der Waals surface area (Å²) in [6.45, 7) is 6.79. The number of aromatic hydroxyl groups is 1. The molecule has 6 aromatic rings. The van der Waals surface area contributed by atoms with Gasteiger partial charge in [-0.2, -0.15) is 25.3 Å². The Morgan fingerprint density at radius 1 is 0.505 bits per heavy atom. The van der Waals surface area contributed by atoms with E-state index in [2.05, 4.69) is 98.4 Å². The van der Waals surface area contributed by atoms with Crippen molar-refractivity contribution in [2.24, 2.45) is 11.7 Å². The van der Waals surface area contributed by atoms with E-state index in [1.807, 2.05) is 0 Å². The van der Waals surface area contributed by atoms with Gasteiger partial charge in [0, 0.05) is 90.2 Å². The van der Waals surface area contributed by atoms with Gasteiger partial charge in [-0.25, -0.2) is 4.98 Å². The maximum Gasteiger partial charge on any atom is 0.305 e. The number of H-pyrrole nitrogens is 3. The zero-order chi connectivity index (χ0) is 68.2. The number of primary amides is 1. The van der Waals surface area contributed by atoms with Crippen molar-refractivity contribution in [3.05, 3.63) is 120 Å². The lowest BCUT2D eigenvalue weighted by atomic mass is 9.99. The molecule has 6 rings (SSSR count). The first-order valence-electron chi connectivity index (χ1n) is 29.4. The van der Waals surface area contributed by atoms with E-state index < -0.39 is 156 Å². The van der Waals surface area contributed by atoms with E-state index in [1.165, 1.54) is 57.6 Å². The maximum absolute atomic E-state index is 14.9. The molecular formula is C61H77N15O15S2. The number of nitrogens with one attached hydrogen (secondary N) is 13. The molecule has 0 aliphatic carbocycles. The minimum absolute atomic E-state index is 0.120. The number of aliphatic carboxylic acids is 1. The second-order valence-electron chi connectivity index (χ2n) is 22.5. The number of carbonyl (C=O) groups is 12. The number of rotatable bonds is 34. The molecule has 93 heavy (non-hydrogen) atoms. The first-order valence-corrected chi connectivity index (χ1v) is 30.7. The van der Waals surface area contributed by atoms with Crippen LogP contribution in [0.15, 0.2) is 97.7 Å². The molecule has 0 saturated carbocycles. The maximum atomic E-state index is 14.9. The van der Waals surface area contributed by atoms with Crippen LogP contribution in [-0.2, 0) is 83.2 Å². The van der Waals surface area contributed by atoms with Crippen molar-refractivity contribution in [2.45, 2.75) is 133 Å². The van der Waals surface area contributed by atoms with Crippen LogP contribution in [0.3, 0.4) is 0 Å². The van der Waals surface area contributed by atoms with Crippen LogP contribution in [0.1, 0.15) is 63.4 Å². The van der Waals surface area contributed by atoms with Gasteiger partial charge in [0.05, 0.1) is 18.9 Å². The van der Waals surface area contributed by atoms with Crippen molar-refractivity contribution in [3.8, 4) is 5.75 Å². The van der Waals surface area contributed by atoms with E-state index >= 15 is 0 Å². The van der Waals surface area contributed by atoms with Crippen LogP contribution in [-0.4, -0.2) is 184 Å². The van der Waals surface area contributed by atoms with Gasteiger partial charge in [0.25, 0.3) is 0 Å². The van der Waals surface area contributed by atoms with Crippen LogP contribution in [0.2, 0.25) is 0 Å². The van der Waals surface area contributed by atoms with E-state index in [-0.39, 0.29) is 37.2 Å². The molecular weight excluding hydrogens is 1250 g/mol. The molecule has 0 aliphatic heterocycles. The summed E-state index contributed by atoms with van der Waals surface area (Å²) in [6.07, 6.45) is 2.54. The van der Waals surface area contributed by atoms with Crippen LogP contribution >= 0.6 is 25.3 Å². The topological polar surface area (TPSA) is 472 Å². The highest BCUT2D eigenvalue weighted by Gasteiger charge is 2.37. The Morgan fingerprint density at radius 2 is 0.935 bits per heavy atom.